The van der Waals surface area contributed by atoms with Crippen molar-refractivity contribution in [2.45, 2.75) is 560 Å². The van der Waals surface area contributed by atoms with E-state index in [0.29, 0.717) is 23.4 Å². The van der Waals surface area contributed by atoms with Crippen LogP contribution < -0.4 is 0 Å². The number of halogens is 4. The number of hydrogen-bond acceptors (Lipinski definition) is 4. The molecule has 2 atom stereocenters. The van der Waals surface area contributed by atoms with Gasteiger partial charge in [0.25, 0.3) is 0 Å². The van der Waals surface area contributed by atoms with Crippen molar-refractivity contribution in [3.05, 3.63) is 72.4 Å². The van der Waals surface area contributed by atoms with E-state index in [1.165, 1.54) is 107 Å². The van der Waals surface area contributed by atoms with Gasteiger partial charge < -0.3 is 9.47 Å². The van der Waals surface area contributed by atoms with Crippen LogP contribution in [-0.4, -0.2) is 114 Å². The number of carbonyl (C=O) groups excluding carboxylic acids is 2. The topological polar surface area (TPSA) is 59.2 Å². The molecule has 0 aromatic heterocycles. The summed E-state index contributed by atoms with van der Waals surface area (Å²) in [5.74, 6) is 0.130. The summed E-state index contributed by atoms with van der Waals surface area (Å²) in [7, 11) is 22.0. The van der Waals surface area contributed by atoms with Crippen LogP contribution >= 0.6 is 70.5 Å². The molecule has 2 unspecified atom stereocenters. The maximum absolute atomic E-state index is 10.0. The number of benzene rings is 1. The Hall–Kier alpha value is 1.57. The van der Waals surface area contributed by atoms with Gasteiger partial charge in [0, 0.05) is 31.7 Å². The van der Waals surface area contributed by atoms with E-state index in [9.17, 15) is 9.59 Å². The van der Waals surface area contributed by atoms with Crippen LogP contribution in [0.1, 0.15) is 485 Å². The summed E-state index contributed by atoms with van der Waals surface area (Å²) < 4.78 is 13.6. The van der Waals surface area contributed by atoms with E-state index in [-0.39, 0.29) is 43.3 Å². The molecule has 14 aliphatic rings. The van der Waals surface area contributed by atoms with Gasteiger partial charge in [-0.15, -0.1) is 0 Å². The van der Waals surface area contributed by atoms with Crippen LogP contribution in [0, 0.1) is 0 Å². The van der Waals surface area contributed by atoms with Crippen LogP contribution in [0.25, 0.3) is 0 Å². The first-order valence-electron chi connectivity index (χ1n) is 51.8. The molecule has 1 aromatic rings. The Morgan fingerprint density at radius 2 is 0.475 bits per heavy atom. The molecule has 0 amide bonds. The fourth-order valence-electron chi connectivity index (χ4n) is 22.9. The fourth-order valence-corrected chi connectivity index (χ4v) is 47.4. The molecule has 1 aromatic carbocycles. The Morgan fingerprint density at radius 1 is 0.308 bits per heavy atom. The molecule has 700 valence electrons. The number of hydrogen-bond donors (Lipinski definition) is 0. The summed E-state index contributed by atoms with van der Waals surface area (Å²) in [5, 5.41) is 0. The Morgan fingerprint density at radius 3 is 0.567 bits per heavy atom. The molecule has 2 saturated heterocycles. The van der Waals surface area contributed by atoms with Gasteiger partial charge in [-0.25, -0.2) is 0 Å². The minimum atomic E-state index is -1.61. The Kier molecular flexibility index (Phi) is 67.4. The fraction of sp³-hybridized carbons (Fsp3) is 0.849. The molecule has 2 heterocycles. The molecule has 0 bridgehead atoms. The monoisotopic (exact) mass is 2000 g/mol. The van der Waals surface area contributed by atoms with Crippen molar-refractivity contribution in [1.82, 2.24) is 0 Å². The van der Waals surface area contributed by atoms with Crippen LogP contribution in [0.4, 0.5) is 0 Å². The molecular formula is C106H192Cl4O4P4Ru2+4. The second kappa shape index (κ2) is 72.1. The summed E-state index contributed by atoms with van der Waals surface area (Å²) in [6.45, 7) is 25.8. The standard InChI is InChI=1S/4C18H33P.C7H6.C6H12.2C5H8O.2C4H8O.C3H6.4ClH.2Ru/c4*1-4-10-16(11-5-1)19(17-12-6-2-7-13-17)18-14-8-3-9-15-18;1-7-5-3-2-4-6-7;1-3-5-6-4-2;2*1-4(2)5(3)6;2*1-2-4-3-5-4;1-3-2;;;;;;/h4*16-18H,1-15H2;1-6H;5-6H,3-4H2,1-2H3;2*1H2,2-3H3;2*4H,2-3H2,1H3;1H,3H2,2H3;4*1H;;/q;;;;;;;;;;;;;;;2*+2/b;;;;;6-5-;;;;;;;;;;;. The number of Topliss-reactive ketones (excluding diaryl/α,β-unsaturated/α-hetero) is 2. The number of rotatable bonds is 20. The molecule has 120 heavy (non-hydrogen) atoms. The van der Waals surface area contributed by atoms with Crippen molar-refractivity contribution >= 4 is 91.2 Å². The first-order valence-corrected chi connectivity index (χ1v) is 69.7. The average molecular weight is 2000 g/mol. The van der Waals surface area contributed by atoms with Crippen LogP contribution in [0.3, 0.4) is 0 Å². The number of ketones is 2. The zero-order valence-corrected chi connectivity index (χ0v) is 89.9. The van der Waals surface area contributed by atoms with Gasteiger partial charge in [-0.2, -0.15) is 0 Å². The second-order valence-electron chi connectivity index (χ2n) is 39.2. The summed E-state index contributed by atoms with van der Waals surface area (Å²) in [6.07, 6.45) is 107. The Labute approximate surface area is 775 Å². The normalized spacial score (nSPS) is 23.9. The predicted molar refractivity (Wildman–Crippen MR) is 548 cm³/mol. The third kappa shape index (κ3) is 51.0. The quantitative estimate of drug-likeness (QED) is 0.0429. The Bertz CT molecular complexity index is 2310. The van der Waals surface area contributed by atoms with Crippen LogP contribution in [-0.2, 0) is 46.1 Å². The molecule has 14 fully saturated rings. The van der Waals surface area contributed by atoms with Crippen molar-refractivity contribution in [3.63, 3.8) is 0 Å². The SMILES string of the molecule is C1CCC([PH+](C2CCCCC2)C2CCCCC2)CC1.C1CCC([PH+](C2CCCCC2)C2CCCCC2)CC1.C1CCC([PH+](C2CCCCC2)C2CCCCC2)CC1.C1CCC([PH+](C2CCCCC2)C2CCCCC2)CC1.C=C(C)C(C)=O.C=C(C)C(C)=O.CC/C=C\CC.CCC1CO1.CCC1CO1.CC[CH]=[Ru]([Cl])[Cl].[Cl][Ru]([Cl])=[CH]c1ccccc1. The number of epoxide rings is 2. The average Bonchev–Trinajstić information content (AvgIpc) is 1.25. The van der Waals surface area contributed by atoms with Crippen molar-refractivity contribution < 1.29 is 46.1 Å². The molecule has 12 aliphatic carbocycles. The first kappa shape index (κ1) is 112. The molecule has 14 heteroatoms. The zero-order chi connectivity index (χ0) is 86.6. The molecule has 12 saturated carbocycles. The molecular weight excluding hydrogens is 1810 g/mol. The van der Waals surface area contributed by atoms with Gasteiger partial charge in [0.15, 0.2) is 11.6 Å². The predicted octanol–water partition coefficient (Wildman–Crippen LogP) is 35.9. The van der Waals surface area contributed by atoms with E-state index in [1.54, 1.807) is 399 Å². The molecule has 0 spiro atoms. The van der Waals surface area contributed by atoms with Crippen molar-refractivity contribution in [2.75, 3.05) is 13.2 Å². The summed E-state index contributed by atoms with van der Waals surface area (Å²) in [6, 6.07) is 9.89. The van der Waals surface area contributed by atoms with Crippen LogP contribution in [0.5, 0.6) is 0 Å². The van der Waals surface area contributed by atoms with Crippen LogP contribution in [0.15, 0.2) is 66.8 Å². The van der Waals surface area contributed by atoms with E-state index in [1.807, 2.05) is 46.5 Å². The molecule has 2 aliphatic heterocycles. The maximum atomic E-state index is 10.0. The third-order valence-electron chi connectivity index (χ3n) is 29.7. The molecule has 4 nitrogen and oxygen atoms in total. The Balaban J connectivity index is 0.000000245. The molecule has 15 rings (SSSR count). The number of carbonyl (C=O) groups is 2. The molecule has 0 N–H and O–H groups in total. The van der Waals surface area contributed by atoms with E-state index in [4.69, 9.17) is 48.2 Å². The second-order valence-corrected chi connectivity index (χ2v) is 64.6. The van der Waals surface area contributed by atoms with E-state index in [0.717, 1.165) is 25.2 Å². The van der Waals surface area contributed by atoms with Gasteiger partial charge in [0.1, 0.15) is 0 Å². The van der Waals surface area contributed by atoms with E-state index >= 15 is 0 Å². The number of allylic oxidation sites excluding steroid dienone is 4. The van der Waals surface area contributed by atoms with Gasteiger partial charge in [-0.3, -0.25) is 9.59 Å². The van der Waals surface area contributed by atoms with Crippen molar-refractivity contribution in [2.24, 2.45) is 0 Å². The van der Waals surface area contributed by atoms with Gasteiger partial charge >= 0.3 is 124 Å². The van der Waals surface area contributed by atoms with Gasteiger partial charge in [0.05, 0.1) is 93.3 Å². The van der Waals surface area contributed by atoms with Crippen molar-refractivity contribution in [3.8, 4) is 0 Å². The summed E-state index contributed by atoms with van der Waals surface area (Å²) in [4.78, 5) is 20.1. The van der Waals surface area contributed by atoms with Crippen LogP contribution in [0.2, 0.25) is 0 Å². The summed E-state index contributed by atoms with van der Waals surface area (Å²) >= 11 is -3.00. The third-order valence-corrected chi connectivity index (χ3v) is 52.4. The van der Waals surface area contributed by atoms with E-state index in [2.05, 4.69) is 53.0 Å². The minimum absolute atomic E-state index is 0.0465. The van der Waals surface area contributed by atoms with E-state index < -0.39 is 27.0 Å². The van der Waals surface area contributed by atoms with Gasteiger partial charge in [-0.05, 0) is 373 Å². The molecule has 0 radical (unpaired) electrons. The van der Waals surface area contributed by atoms with Gasteiger partial charge in [-0.1, -0.05) is 130 Å². The zero-order valence-electron chi connectivity index (χ0n) is 79.4. The van der Waals surface area contributed by atoms with Gasteiger partial charge in [0.2, 0.25) is 0 Å². The summed E-state index contributed by atoms with van der Waals surface area (Å²) in [5.41, 5.74) is 17.1. The van der Waals surface area contributed by atoms with Crippen molar-refractivity contribution in [1.29, 1.82) is 0 Å². The number of ether oxygens (including phenoxy) is 2. The first-order chi connectivity index (χ1) is 58.4.